The van der Waals surface area contributed by atoms with Crippen molar-refractivity contribution in [3.8, 4) is 17.2 Å². The first kappa shape index (κ1) is 18.9. The van der Waals surface area contributed by atoms with Crippen LogP contribution in [0.5, 0.6) is 17.2 Å². The Balaban J connectivity index is 0.00000208. The highest BCUT2D eigenvalue weighted by Gasteiger charge is 2.36. The van der Waals surface area contributed by atoms with Crippen molar-refractivity contribution in [3.63, 3.8) is 0 Å². The quantitative estimate of drug-likeness (QED) is 0.522. The van der Waals surface area contributed by atoms with E-state index < -0.39 is 0 Å². The molecular formula is C19H24INO3. The van der Waals surface area contributed by atoms with Crippen LogP contribution < -0.4 is 28.7 Å². The van der Waals surface area contributed by atoms with Crippen LogP contribution in [-0.4, -0.2) is 42.4 Å². The van der Waals surface area contributed by atoms with E-state index in [0.717, 1.165) is 23.9 Å². The number of rotatable bonds is 3. The van der Waals surface area contributed by atoms with Crippen molar-refractivity contribution in [2.45, 2.75) is 18.9 Å². The molecule has 0 aromatic heterocycles. The van der Waals surface area contributed by atoms with Gasteiger partial charge in [-0.05, 0) is 35.4 Å². The van der Waals surface area contributed by atoms with Gasteiger partial charge in [0.15, 0.2) is 11.5 Å². The summed E-state index contributed by atoms with van der Waals surface area (Å²) in [4.78, 5) is 0. The average molecular weight is 441 g/mol. The fourth-order valence-corrected chi connectivity index (χ4v) is 3.47. The van der Waals surface area contributed by atoms with Gasteiger partial charge in [0.25, 0.3) is 0 Å². The molecule has 2 aromatic rings. The van der Waals surface area contributed by atoms with E-state index in [0.29, 0.717) is 5.75 Å². The van der Waals surface area contributed by atoms with Gasteiger partial charge in [-0.1, -0.05) is 12.1 Å². The molecule has 0 saturated carbocycles. The molecule has 1 aliphatic rings. The summed E-state index contributed by atoms with van der Waals surface area (Å²) >= 11 is 0. The van der Waals surface area contributed by atoms with Gasteiger partial charge in [-0.15, -0.1) is 0 Å². The molecule has 3 rings (SSSR count). The van der Waals surface area contributed by atoms with Gasteiger partial charge in [-0.25, -0.2) is 0 Å². The van der Waals surface area contributed by atoms with Gasteiger partial charge in [0, 0.05) is 18.4 Å². The molecule has 4 nitrogen and oxygen atoms in total. The smallest absolute Gasteiger partial charge is 0.161 e. The number of benzene rings is 2. The number of phenolic OH excluding ortho intramolecular Hbond substituents is 2. The van der Waals surface area contributed by atoms with E-state index in [1.807, 2.05) is 24.3 Å². The highest BCUT2D eigenvalue weighted by Crippen LogP contribution is 2.41. The Morgan fingerprint density at radius 2 is 1.79 bits per heavy atom. The number of phenols is 2. The maximum atomic E-state index is 10.0. The van der Waals surface area contributed by atoms with E-state index in [1.54, 1.807) is 19.2 Å². The first-order valence-corrected chi connectivity index (χ1v) is 7.91. The highest BCUT2D eigenvalue weighted by molar-refractivity contribution is 5.48. The fraction of sp³-hybridized carbons (Fsp3) is 0.368. The summed E-state index contributed by atoms with van der Waals surface area (Å²) < 4.78 is 6.19. The van der Waals surface area contributed by atoms with Crippen molar-refractivity contribution < 1.29 is 43.4 Å². The minimum absolute atomic E-state index is 0. The summed E-state index contributed by atoms with van der Waals surface area (Å²) in [6, 6.07) is 11.5. The Morgan fingerprint density at radius 1 is 1.12 bits per heavy atom. The topological polar surface area (TPSA) is 49.7 Å². The third kappa shape index (κ3) is 3.62. The summed E-state index contributed by atoms with van der Waals surface area (Å²) in [5, 5.41) is 19.5. The number of quaternary nitrogens is 1. The van der Waals surface area contributed by atoms with E-state index in [9.17, 15) is 10.2 Å². The van der Waals surface area contributed by atoms with Crippen LogP contribution >= 0.6 is 0 Å². The zero-order valence-corrected chi connectivity index (χ0v) is 16.4. The molecule has 1 aliphatic heterocycles. The maximum Gasteiger partial charge on any atom is 0.161 e. The lowest BCUT2D eigenvalue weighted by Crippen LogP contribution is -3.00. The van der Waals surface area contributed by atoms with Crippen LogP contribution in [0.25, 0.3) is 0 Å². The first-order valence-electron chi connectivity index (χ1n) is 7.91. The number of nitrogens with zero attached hydrogens (tertiary/aromatic N) is 1. The molecule has 130 valence electrons. The lowest BCUT2D eigenvalue weighted by molar-refractivity contribution is -0.923. The molecule has 5 heteroatoms. The van der Waals surface area contributed by atoms with Crippen molar-refractivity contribution >= 4 is 0 Å². The van der Waals surface area contributed by atoms with Crippen molar-refractivity contribution in [2.24, 2.45) is 0 Å². The maximum absolute atomic E-state index is 10.0. The lowest BCUT2D eigenvalue weighted by Gasteiger charge is -2.43. The van der Waals surface area contributed by atoms with Crippen molar-refractivity contribution in [1.29, 1.82) is 0 Å². The summed E-state index contributed by atoms with van der Waals surface area (Å²) in [6.07, 6.45) is 1.83. The number of hydrogen-bond donors (Lipinski definition) is 2. The van der Waals surface area contributed by atoms with E-state index >= 15 is 0 Å². The lowest BCUT2D eigenvalue weighted by atomic mass is 9.87. The molecule has 1 atom stereocenters. The van der Waals surface area contributed by atoms with Crippen LogP contribution in [0.3, 0.4) is 0 Å². The number of ether oxygens (including phenoxy) is 1. The Hall–Kier alpha value is -1.47. The van der Waals surface area contributed by atoms with Gasteiger partial charge in [0.2, 0.25) is 0 Å². The molecule has 0 amide bonds. The SMILES string of the molecule is COc1cc2c(cc1O)CC[N+](C)(C)[C@@H]2Cc1ccc(O)cc1.[I-]. The Kier molecular flexibility index (Phi) is 5.65. The molecule has 0 fully saturated rings. The third-order valence-electron chi connectivity index (χ3n) is 4.97. The van der Waals surface area contributed by atoms with Crippen LogP contribution in [0.2, 0.25) is 0 Å². The molecule has 0 saturated heterocycles. The predicted molar refractivity (Wildman–Crippen MR) is 89.9 cm³/mol. The van der Waals surface area contributed by atoms with Crippen LogP contribution in [0.1, 0.15) is 22.7 Å². The van der Waals surface area contributed by atoms with E-state index in [-0.39, 0.29) is 41.5 Å². The second-order valence-corrected chi connectivity index (χ2v) is 6.86. The van der Waals surface area contributed by atoms with Crippen LogP contribution in [0.4, 0.5) is 0 Å². The Morgan fingerprint density at radius 3 is 2.42 bits per heavy atom. The van der Waals surface area contributed by atoms with Gasteiger partial charge in [0.05, 0.1) is 27.7 Å². The monoisotopic (exact) mass is 441 g/mol. The largest absolute Gasteiger partial charge is 1.00 e. The molecule has 0 aliphatic carbocycles. The third-order valence-corrected chi connectivity index (χ3v) is 4.97. The molecule has 2 aromatic carbocycles. The van der Waals surface area contributed by atoms with E-state index in [1.165, 1.54) is 16.7 Å². The van der Waals surface area contributed by atoms with Crippen molar-refractivity contribution in [3.05, 3.63) is 53.1 Å². The number of hydrogen-bond acceptors (Lipinski definition) is 3. The number of methoxy groups -OCH3 is 1. The van der Waals surface area contributed by atoms with Gasteiger partial charge >= 0.3 is 0 Å². The van der Waals surface area contributed by atoms with Gasteiger partial charge in [-0.2, -0.15) is 0 Å². The minimum atomic E-state index is 0. The highest BCUT2D eigenvalue weighted by atomic mass is 127. The van der Waals surface area contributed by atoms with Crippen LogP contribution in [-0.2, 0) is 12.8 Å². The molecule has 0 unspecified atom stereocenters. The number of halogens is 1. The Bertz CT molecular complexity index is 713. The summed E-state index contributed by atoms with van der Waals surface area (Å²) in [5.74, 6) is 1.03. The van der Waals surface area contributed by atoms with Crippen molar-refractivity contribution in [2.75, 3.05) is 27.7 Å². The van der Waals surface area contributed by atoms with Gasteiger partial charge in [-0.3, -0.25) is 0 Å². The molecule has 1 heterocycles. The van der Waals surface area contributed by atoms with Gasteiger partial charge in [0.1, 0.15) is 11.8 Å². The Labute approximate surface area is 160 Å². The molecule has 0 radical (unpaired) electrons. The van der Waals surface area contributed by atoms with Crippen molar-refractivity contribution in [1.82, 2.24) is 0 Å². The van der Waals surface area contributed by atoms with Crippen LogP contribution in [0.15, 0.2) is 36.4 Å². The average Bonchev–Trinajstić information content (AvgIpc) is 2.52. The summed E-state index contributed by atoms with van der Waals surface area (Å²) in [6.45, 7) is 1.03. The number of likely N-dealkylation sites (N-methyl/N-ethyl adjacent to an activating group) is 1. The summed E-state index contributed by atoms with van der Waals surface area (Å²) in [5.41, 5.74) is 3.63. The summed E-state index contributed by atoms with van der Waals surface area (Å²) in [7, 11) is 6.07. The number of fused-ring (bicyclic) bond motifs is 1. The molecule has 0 spiro atoms. The zero-order valence-electron chi connectivity index (χ0n) is 14.3. The minimum Gasteiger partial charge on any atom is -1.00 e. The molecule has 0 bridgehead atoms. The van der Waals surface area contributed by atoms with Crippen LogP contribution in [0, 0.1) is 0 Å². The molecule has 24 heavy (non-hydrogen) atoms. The second-order valence-electron chi connectivity index (χ2n) is 6.86. The predicted octanol–water partition coefficient (Wildman–Crippen LogP) is 0.0267. The molecular weight excluding hydrogens is 417 g/mol. The second kappa shape index (κ2) is 7.19. The first-order chi connectivity index (χ1) is 10.9. The fourth-order valence-electron chi connectivity index (χ4n) is 3.47. The van der Waals surface area contributed by atoms with E-state index in [2.05, 4.69) is 14.1 Å². The van der Waals surface area contributed by atoms with E-state index in [4.69, 9.17) is 4.74 Å². The molecule has 2 N–H and O–H groups in total. The van der Waals surface area contributed by atoms with Gasteiger partial charge < -0.3 is 43.4 Å². The standard InChI is InChI=1S/C19H23NO3.HI/c1-20(2)9-8-14-11-18(22)19(23-3)12-16(14)17(20)10-13-4-6-15(21)7-5-13;/h4-7,11-12,17H,8-10H2,1-3H3,(H-,21,22);1H/t17-;/m1./s1. The number of aromatic hydroxyl groups is 2. The normalized spacial score (nSPS) is 18.4. The zero-order chi connectivity index (χ0) is 16.6.